The molecule has 0 aliphatic heterocycles. The third-order valence-electron chi connectivity index (χ3n) is 7.50. The number of anilines is 1. The van der Waals surface area contributed by atoms with Crippen LogP contribution in [-0.4, -0.2) is 44.8 Å². The molecule has 9 nitrogen and oxygen atoms in total. The van der Waals surface area contributed by atoms with Crippen LogP contribution in [0.25, 0.3) is 32.2 Å². The second kappa shape index (κ2) is 11.7. The highest BCUT2D eigenvalue weighted by Gasteiger charge is 2.26. The average Bonchev–Trinajstić information content (AvgIpc) is 3.37. The molecule has 0 saturated carbocycles. The number of hydrogen-bond donors (Lipinski definition) is 1. The lowest BCUT2D eigenvalue weighted by molar-refractivity contribution is 0.0699. The molecule has 0 aliphatic rings. The maximum Gasteiger partial charge on any atom is 0.338 e. The highest BCUT2D eigenvalue weighted by Crippen LogP contribution is 2.40. The topological polar surface area (TPSA) is 121 Å². The quantitative estimate of drug-likeness (QED) is 0.193. The summed E-state index contributed by atoms with van der Waals surface area (Å²) in [6.45, 7) is 9.74. The maximum absolute atomic E-state index is 13.9. The molecule has 0 unspecified atom stereocenters. The molecule has 2 aromatic carbocycles. The molecule has 0 spiro atoms. The molecule has 0 saturated heterocycles. The SMILES string of the molecule is Cc1cc(-c2cc(Cl)ccc2OCCn2c(C)nc3cc(Cl)c(N(C)C(C)(C)C)c(C#N)c3c2=O)c2scc(C(=O)O)c2n1. The summed E-state index contributed by atoms with van der Waals surface area (Å²) in [6.07, 6.45) is 0. The number of aryl methyl sites for hydroxylation is 2. The number of rotatable bonds is 7. The number of halogens is 2. The van der Waals surface area contributed by atoms with Crippen molar-refractivity contribution >= 4 is 67.3 Å². The summed E-state index contributed by atoms with van der Waals surface area (Å²) in [6, 6.07) is 10.9. The van der Waals surface area contributed by atoms with Gasteiger partial charge in [-0.25, -0.2) is 9.78 Å². The lowest BCUT2D eigenvalue weighted by Crippen LogP contribution is -2.39. The molecule has 12 heteroatoms. The lowest BCUT2D eigenvalue weighted by atomic mass is 10.0. The minimum atomic E-state index is -1.05. The highest BCUT2D eigenvalue weighted by molar-refractivity contribution is 7.18. The van der Waals surface area contributed by atoms with Crippen LogP contribution in [0.4, 0.5) is 5.69 Å². The Morgan fingerprint density at radius 3 is 2.55 bits per heavy atom. The van der Waals surface area contributed by atoms with E-state index in [1.165, 1.54) is 15.9 Å². The first-order valence-corrected chi connectivity index (χ1v) is 15.3. The normalized spacial score (nSPS) is 11.6. The van der Waals surface area contributed by atoms with Gasteiger partial charge in [-0.1, -0.05) is 23.2 Å². The summed E-state index contributed by atoms with van der Waals surface area (Å²) in [5.41, 5.74) is 2.87. The zero-order valence-corrected chi connectivity index (χ0v) is 27.3. The number of hydrogen-bond acceptors (Lipinski definition) is 8. The van der Waals surface area contributed by atoms with Gasteiger partial charge in [0.25, 0.3) is 5.56 Å². The van der Waals surface area contributed by atoms with Crippen LogP contribution in [0.1, 0.15) is 48.2 Å². The van der Waals surface area contributed by atoms with Gasteiger partial charge in [-0.3, -0.25) is 14.3 Å². The van der Waals surface area contributed by atoms with Crippen LogP contribution in [0, 0.1) is 25.2 Å². The van der Waals surface area contributed by atoms with E-state index in [0.29, 0.717) is 54.3 Å². The van der Waals surface area contributed by atoms with Gasteiger partial charge in [0.1, 0.15) is 24.3 Å². The smallest absolute Gasteiger partial charge is 0.338 e. The van der Waals surface area contributed by atoms with E-state index in [2.05, 4.69) is 16.0 Å². The van der Waals surface area contributed by atoms with E-state index in [1.54, 1.807) is 43.5 Å². The number of nitrogens with zero attached hydrogens (tertiary/aromatic N) is 5. The number of benzene rings is 2. The molecule has 0 atom stereocenters. The largest absolute Gasteiger partial charge is 0.491 e. The molecule has 5 aromatic rings. The lowest BCUT2D eigenvalue weighted by Gasteiger charge is -2.35. The number of carboxylic acid groups (broad SMARTS) is 1. The first-order valence-electron chi connectivity index (χ1n) is 13.6. The number of fused-ring (bicyclic) bond motifs is 2. The molecule has 0 bridgehead atoms. The van der Waals surface area contributed by atoms with Crippen molar-refractivity contribution in [1.82, 2.24) is 14.5 Å². The average molecular weight is 651 g/mol. The molecular weight excluding hydrogens is 621 g/mol. The molecular formula is C32H29Cl2N5O4S. The first kappa shape index (κ1) is 31.3. The van der Waals surface area contributed by atoms with Crippen molar-refractivity contribution in [3.63, 3.8) is 0 Å². The van der Waals surface area contributed by atoms with E-state index in [0.717, 1.165) is 5.56 Å². The second-order valence-corrected chi connectivity index (χ2v) is 13.1. The van der Waals surface area contributed by atoms with Crippen LogP contribution in [0.5, 0.6) is 5.75 Å². The van der Waals surface area contributed by atoms with Gasteiger partial charge in [0, 0.05) is 39.8 Å². The van der Waals surface area contributed by atoms with E-state index in [1.807, 2.05) is 38.8 Å². The van der Waals surface area contributed by atoms with Crippen molar-refractivity contribution in [3.8, 4) is 22.9 Å². The van der Waals surface area contributed by atoms with E-state index in [4.69, 9.17) is 27.9 Å². The van der Waals surface area contributed by atoms with E-state index in [-0.39, 0.29) is 40.8 Å². The van der Waals surface area contributed by atoms with E-state index >= 15 is 0 Å². The Bertz CT molecular complexity index is 2070. The van der Waals surface area contributed by atoms with Crippen LogP contribution < -0.4 is 15.2 Å². The second-order valence-electron chi connectivity index (χ2n) is 11.4. The number of aromatic nitrogens is 3. The summed E-state index contributed by atoms with van der Waals surface area (Å²) in [5, 5.41) is 22.4. The fourth-order valence-corrected chi connectivity index (χ4v) is 6.57. The van der Waals surface area contributed by atoms with E-state index < -0.39 is 5.97 Å². The molecule has 44 heavy (non-hydrogen) atoms. The third kappa shape index (κ3) is 5.59. The van der Waals surface area contributed by atoms with E-state index in [9.17, 15) is 20.0 Å². The van der Waals surface area contributed by atoms with Gasteiger partial charge in [0.2, 0.25) is 0 Å². The molecule has 0 amide bonds. The zero-order valence-electron chi connectivity index (χ0n) is 25.0. The summed E-state index contributed by atoms with van der Waals surface area (Å²) in [4.78, 5) is 36.6. The number of nitriles is 1. The Morgan fingerprint density at radius 1 is 1.16 bits per heavy atom. The molecule has 0 fully saturated rings. The minimum absolute atomic E-state index is 0.102. The van der Waals surface area contributed by atoms with Gasteiger partial charge in [0.05, 0.1) is 49.5 Å². The highest BCUT2D eigenvalue weighted by atomic mass is 35.5. The van der Waals surface area contributed by atoms with Crippen LogP contribution in [-0.2, 0) is 6.54 Å². The first-order chi connectivity index (χ1) is 20.7. The van der Waals surface area contributed by atoms with Crippen molar-refractivity contribution in [2.45, 2.75) is 46.7 Å². The van der Waals surface area contributed by atoms with Crippen LogP contribution >= 0.6 is 34.5 Å². The van der Waals surface area contributed by atoms with Crippen LogP contribution in [0.15, 0.2) is 40.5 Å². The zero-order chi connectivity index (χ0) is 32.1. The van der Waals surface area contributed by atoms with Gasteiger partial charge in [-0.05, 0) is 65.0 Å². The fourth-order valence-electron chi connectivity index (χ4n) is 5.06. The number of aromatic carboxylic acids is 1. The molecule has 3 aromatic heterocycles. The standard InChI is InChI=1S/C32H29Cl2N5O4S/c1-16-11-20(29-27(36-16)22(15-44-29)31(41)42)19-12-18(33)7-8-25(19)43-10-9-39-17(2)37-24-13-23(34)28(38(6)32(3,4)5)21(14-35)26(24)30(39)40/h7-8,11-13,15H,9-10H2,1-6H3,(H,41,42). The number of ether oxygens (including phenoxy) is 1. The fraction of sp³-hybridized carbons (Fsp3) is 0.281. The Morgan fingerprint density at radius 2 is 1.89 bits per heavy atom. The Kier molecular flexibility index (Phi) is 8.33. The number of carbonyl (C=O) groups is 1. The van der Waals surface area contributed by atoms with Crippen molar-refractivity contribution < 1.29 is 14.6 Å². The van der Waals surface area contributed by atoms with Crippen LogP contribution in [0.2, 0.25) is 10.0 Å². The van der Waals surface area contributed by atoms with Crippen molar-refractivity contribution in [2.24, 2.45) is 0 Å². The Hall–Kier alpha value is -4.17. The van der Waals surface area contributed by atoms with Gasteiger partial charge in [-0.15, -0.1) is 11.3 Å². The van der Waals surface area contributed by atoms with Crippen molar-refractivity contribution in [1.29, 1.82) is 5.26 Å². The Balaban J connectivity index is 1.54. The van der Waals surface area contributed by atoms with Gasteiger partial charge >= 0.3 is 5.97 Å². The summed E-state index contributed by atoms with van der Waals surface area (Å²) in [5.74, 6) is -0.0955. The predicted octanol–water partition coefficient (Wildman–Crippen LogP) is 7.48. The third-order valence-corrected chi connectivity index (χ3v) is 9.03. The monoisotopic (exact) mass is 649 g/mol. The predicted molar refractivity (Wildman–Crippen MR) is 176 cm³/mol. The summed E-state index contributed by atoms with van der Waals surface area (Å²) >= 11 is 14.3. The number of carboxylic acids is 1. The van der Waals surface area contributed by atoms with Crippen molar-refractivity contribution in [3.05, 3.63) is 78.8 Å². The van der Waals surface area contributed by atoms with Crippen molar-refractivity contribution in [2.75, 3.05) is 18.6 Å². The molecule has 226 valence electrons. The minimum Gasteiger partial charge on any atom is -0.491 e. The van der Waals surface area contributed by atoms with Crippen LogP contribution in [0.3, 0.4) is 0 Å². The number of pyridine rings is 1. The summed E-state index contributed by atoms with van der Waals surface area (Å²) < 4.78 is 8.41. The molecule has 0 aliphatic carbocycles. The number of thiophene rings is 1. The van der Waals surface area contributed by atoms with Gasteiger partial charge < -0.3 is 14.7 Å². The molecule has 3 heterocycles. The maximum atomic E-state index is 13.9. The Labute approximate surface area is 267 Å². The molecule has 1 N–H and O–H groups in total. The van der Waals surface area contributed by atoms with Gasteiger partial charge in [-0.2, -0.15) is 5.26 Å². The molecule has 0 radical (unpaired) electrons. The van der Waals surface area contributed by atoms with Gasteiger partial charge in [0.15, 0.2) is 0 Å². The molecule has 5 rings (SSSR count). The summed E-state index contributed by atoms with van der Waals surface area (Å²) in [7, 11) is 1.84.